The molecular formula is C93H105F3N20O17S5. The molecule has 3 saturated carbocycles. The Hall–Kier alpha value is -12.8. The van der Waals surface area contributed by atoms with Crippen LogP contribution < -0.4 is 50.8 Å². The maximum absolute atomic E-state index is 15.2. The molecule has 21 rings (SSSR count). The van der Waals surface area contributed by atoms with Crippen LogP contribution in [0.2, 0.25) is 0 Å². The summed E-state index contributed by atoms with van der Waals surface area (Å²) in [5.41, 5.74) is 10.1. The number of pyridine rings is 3. The molecule has 138 heavy (non-hydrogen) atoms. The van der Waals surface area contributed by atoms with Gasteiger partial charge in [-0.3, -0.25) is 33.8 Å². The van der Waals surface area contributed by atoms with Crippen LogP contribution in [-0.4, -0.2) is 226 Å². The van der Waals surface area contributed by atoms with Crippen LogP contribution in [0, 0.1) is 41.1 Å². The fraction of sp³-hybridized carbons (Fsp3) is 0.398. The summed E-state index contributed by atoms with van der Waals surface area (Å²) in [4.78, 5) is 104. The van der Waals surface area contributed by atoms with Crippen molar-refractivity contribution in [3.05, 3.63) is 124 Å². The lowest BCUT2D eigenvalue weighted by atomic mass is 9.97. The molecule has 3 saturated heterocycles. The lowest BCUT2D eigenvalue weighted by molar-refractivity contribution is -0.134. The topological polar surface area (TPSA) is 496 Å². The van der Waals surface area contributed by atoms with Crippen LogP contribution in [0.15, 0.2) is 114 Å². The largest absolute Gasteiger partial charge is 0.506 e. The van der Waals surface area contributed by atoms with E-state index in [-0.39, 0.29) is 74.4 Å². The van der Waals surface area contributed by atoms with Gasteiger partial charge in [0.25, 0.3) is 5.97 Å². The summed E-state index contributed by atoms with van der Waals surface area (Å²) in [5, 5.41) is 33.0. The molecular weight excluding hydrogens is 1890 g/mol. The Labute approximate surface area is 798 Å². The van der Waals surface area contributed by atoms with Crippen LogP contribution in [0.5, 0.6) is 29.3 Å². The Morgan fingerprint density at radius 3 is 1.43 bits per heavy atom. The van der Waals surface area contributed by atoms with Crippen LogP contribution in [-0.2, 0) is 70.8 Å². The lowest BCUT2D eigenvalue weighted by Gasteiger charge is -2.31. The summed E-state index contributed by atoms with van der Waals surface area (Å²) in [7, 11) is -5.79. The molecule has 3 aromatic carbocycles. The average molecular weight is 1990 g/mol. The summed E-state index contributed by atoms with van der Waals surface area (Å²) < 4.78 is 145. The smallest absolute Gasteiger partial charge is 0.414 e. The molecule has 6 aliphatic heterocycles. The van der Waals surface area contributed by atoms with Gasteiger partial charge in [0.2, 0.25) is 15.0 Å². The molecule has 3 aliphatic carbocycles. The molecule has 37 nitrogen and oxygen atoms in total. The van der Waals surface area contributed by atoms with Crippen LogP contribution >= 0.6 is 0 Å². The predicted octanol–water partition coefficient (Wildman–Crippen LogP) is 14.6. The molecule has 15 heterocycles. The third-order valence-electron chi connectivity index (χ3n) is 24.3. The summed E-state index contributed by atoms with van der Waals surface area (Å²) >= 11 is 0. The minimum atomic E-state index is -3.84. The first-order valence-electron chi connectivity index (χ1n) is 44.1. The van der Waals surface area contributed by atoms with Crippen molar-refractivity contribution in [3.8, 4) is 29.3 Å². The number of fused-ring (bicyclic) bond motifs is 18. The van der Waals surface area contributed by atoms with E-state index in [0.717, 1.165) is 86.8 Å². The number of nitrogens with zero attached hydrogens (tertiary/aromatic N) is 13. The minimum absolute atomic E-state index is 0.0306. The number of hydrogen-bond acceptors (Lipinski definition) is 30. The SMILES string of the molecule is C=S(C)(=O)c1nc(S(C)(=O)=O)nc2[nH]c3c(N(C)C(=O)OC(C)(C)C)cc(F)cc3c12.CC(=O)O.CC(C)(C)OC(=O)N[C@@H]1C[C@H]2C[C@@H]1CN2.CNc1cc(F)cc2c1[nH]c1nc(Oc3cnc4c(c3)S(=O)C=C4)nc(N3C[C@@H]4C[C@H]3C[C@@H]4N)c12.C[C@H]1C[C@@H]2C[C@H]1CN2c1nc(Oc2cnc3c(c2)S(=O)C=C3)nc2[nH]c3c(N(C)C(=O)OC(C)(C)C)cc(F)cc3c12.O=S1C=Cc2ncc(O)cc21. The number of rotatable bonds is 12. The number of carboxylic acids is 1. The average Bonchev–Trinajstić information content (AvgIpc) is 1.57. The normalized spacial score (nSPS) is 21.9. The number of H-pyrrole nitrogens is 3. The molecule has 4 unspecified atom stereocenters. The third kappa shape index (κ3) is 21.1. The van der Waals surface area contributed by atoms with E-state index in [2.05, 4.69) is 88.4 Å². The van der Waals surface area contributed by atoms with Crippen molar-refractivity contribution in [2.24, 2.45) is 29.4 Å². The molecule has 12 aromatic rings. The zero-order chi connectivity index (χ0) is 99.3. The lowest BCUT2D eigenvalue weighted by Crippen LogP contribution is -2.45. The molecule has 9 aromatic heterocycles. The van der Waals surface area contributed by atoms with Crippen molar-refractivity contribution in [1.29, 1.82) is 0 Å². The van der Waals surface area contributed by atoms with Gasteiger partial charge in [-0.2, -0.15) is 19.9 Å². The number of piperidine rings is 3. The van der Waals surface area contributed by atoms with Crippen molar-refractivity contribution in [1.82, 2.24) is 70.4 Å². The van der Waals surface area contributed by atoms with Crippen molar-refractivity contribution in [2.75, 3.05) is 78.2 Å². The molecule has 6 bridgehead atoms. The van der Waals surface area contributed by atoms with E-state index in [1.54, 1.807) is 115 Å². The Bertz CT molecular complexity index is 7380. The van der Waals surface area contributed by atoms with Gasteiger partial charge >= 0.3 is 30.3 Å². The van der Waals surface area contributed by atoms with Gasteiger partial charge < -0.3 is 80.3 Å². The molecule has 6 fully saturated rings. The van der Waals surface area contributed by atoms with Gasteiger partial charge in [-0.1, -0.05) is 6.92 Å². The Morgan fingerprint density at radius 2 is 1.01 bits per heavy atom. The highest BCUT2D eigenvalue weighted by atomic mass is 32.2. The highest BCUT2D eigenvalue weighted by Crippen LogP contribution is 2.50. The number of hydrogen-bond donors (Lipinski definition) is 9. The van der Waals surface area contributed by atoms with Crippen LogP contribution in [0.25, 0.3) is 84.0 Å². The predicted molar refractivity (Wildman–Crippen MR) is 522 cm³/mol. The monoisotopic (exact) mass is 1990 g/mol. The van der Waals surface area contributed by atoms with Crippen LogP contribution in [0.1, 0.15) is 132 Å². The third-order valence-corrected chi connectivity index (χ3v) is 29.7. The first-order valence-corrected chi connectivity index (χ1v) is 51.8. The zero-order valence-corrected chi connectivity index (χ0v) is 82.3. The van der Waals surface area contributed by atoms with Gasteiger partial charge in [-0.25, -0.2) is 58.6 Å². The van der Waals surface area contributed by atoms with Gasteiger partial charge in [-0.05, 0) is 185 Å². The Balaban J connectivity index is 0.000000131. The molecule has 13 atom stereocenters. The summed E-state index contributed by atoms with van der Waals surface area (Å²) in [6.45, 7) is 22.1. The number of aliphatic carboxylic acids is 1. The van der Waals surface area contributed by atoms with Crippen molar-refractivity contribution in [2.45, 2.75) is 187 Å². The van der Waals surface area contributed by atoms with Crippen molar-refractivity contribution in [3.63, 3.8) is 0 Å². The fourth-order valence-electron chi connectivity index (χ4n) is 18.3. The standard InChI is InChI=1S/C30H31FN6O4S.C24H22FN7O2S.C19H23FN4O5S2.C11H20N2O2.C7H5NO2S.C2H4O2/c1-15-8-18-9-16(15)14-37(18)27-24-20-10-17(31)11-22(36(5)29(38)41-30(2,3)4)25(20)33-26(24)34-28(35-27)40-19-12-23-21(32-13-19)6-7-42(23)39;1-27-18-6-12(25)5-15-20-22(29-21(15)18)30-24(31-23(20)32-10-11-4-13(32)7-16(11)26)34-14-8-19-17(28-9-14)2-3-35(19)33;1-19(2,3)29-18(25)24(4)12-9-10(20)8-11-13-15(21-14(11)12)22-17(31(7,27)28)23-16(13)30(5,6)26;1-11(2,3)15-10(14)13-9-5-8-4-7(9)6-12-8;9-5-3-7-6(8-4-5)1-2-11(7)10;1-2(3)4/h6-7,10-13,15-16,18H,8-9,14H2,1-5H3,(H,33,34,35);2-3,5-6,8-9,11,13,16,27H,4,7,10,26H2,1H3,(H,29,30,31);8-9H,5H2,1-4,6-7H3,(H,21,22,23);7-9,12H,4-6H2,1-3H3,(H,13,14);1-4,9H;1H3,(H,3,4)/t15-,16-,18+,42?;11-,13-,16-,35?;;7-,8-,9-;;/m00.1../s1. The number of alkyl carbamates (subject to hydrolysis) is 1. The number of sulfone groups is 1. The number of carboxylic acid groups (broad SMARTS) is 1. The molecule has 9 aliphatic rings. The van der Waals surface area contributed by atoms with Gasteiger partial charge in [0.15, 0.2) is 11.5 Å². The van der Waals surface area contributed by atoms with Crippen LogP contribution in [0.3, 0.4) is 0 Å². The first kappa shape index (κ1) is 98.2. The first-order chi connectivity index (χ1) is 64.9. The number of aromatic amines is 3. The van der Waals surface area contributed by atoms with E-state index in [1.165, 1.54) is 67.2 Å². The van der Waals surface area contributed by atoms with E-state index in [9.17, 15) is 48.4 Å². The number of carbonyl (C=O) groups excluding carboxylic acids is 3. The number of ether oxygens (including phenoxy) is 5. The number of aromatic hydroxyl groups is 1. The fourth-order valence-corrected chi connectivity index (χ4v) is 22.7. The molecule has 730 valence electrons. The van der Waals surface area contributed by atoms with Crippen LogP contribution in [0.4, 0.5) is 56.3 Å². The van der Waals surface area contributed by atoms with E-state index in [1.807, 2.05) is 20.8 Å². The Morgan fingerprint density at radius 1 is 0.572 bits per heavy atom. The summed E-state index contributed by atoms with van der Waals surface area (Å²) in [6.07, 6.45) is 16.4. The second-order valence-corrected chi connectivity index (χ2v) is 46.4. The number of nitrogens with two attached hydrogens (primary N) is 1. The number of benzene rings is 3. The highest BCUT2D eigenvalue weighted by Gasteiger charge is 2.47. The molecule has 45 heteroatoms. The molecule has 0 spiro atoms. The Kier molecular flexibility index (Phi) is 26.9. The van der Waals surface area contributed by atoms with E-state index >= 15 is 4.39 Å². The van der Waals surface area contributed by atoms with E-state index in [4.69, 9.17) is 54.4 Å². The van der Waals surface area contributed by atoms with Gasteiger partial charge in [0.1, 0.15) is 73.6 Å². The molecule has 10 N–H and O–H groups in total. The van der Waals surface area contributed by atoms with Gasteiger partial charge in [0.05, 0.1) is 133 Å². The van der Waals surface area contributed by atoms with Crippen molar-refractivity contribution < 1.29 is 91.5 Å². The number of carbonyl (C=O) groups is 4. The molecule has 3 amide bonds. The van der Waals surface area contributed by atoms with Crippen molar-refractivity contribution >= 4 is 195 Å². The minimum Gasteiger partial charge on any atom is -0.506 e. The maximum atomic E-state index is 15.2. The maximum Gasteiger partial charge on any atom is 0.414 e. The number of nitrogens with one attached hydrogen (secondary N) is 6. The number of anilines is 5. The highest BCUT2D eigenvalue weighted by molar-refractivity contribution is 7.99. The number of halogens is 3. The van der Waals surface area contributed by atoms with Gasteiger partial charge in [0, 0.05) is 151 Å². The summed E-state index contributed by atoms with van der Waals surface area (Å²) in [6, 6.07) is 14.7. The van der Waals surface area contributed by atoms with E-state index in [0.29, 0.717) is 141 Å². The number of amides is 3. The number of aromatic nitrogens is 12. The second kappa shape index (κ2) is 37.8. The quantitative estimate of drug-likeness (QED) is 0.0237. The molecule has 0 radical (unpaired) electrons. The summed E-state index contributed by atoms with van der Waals surface area (Å²) in [5.74, 6) is 5.58. The zero-order valence-electron chi connectivity index (χ0n) is 78.2. The van der Waals surface area contributed by atoms with E-state index < -0.39 is 104 Å². The second-order valence-electron chi connectivity index (χ2n) is 38.2. The van der Waals surface area contributed by atoms with Gasteiger partial charge in [-0.15, -0.1) is 0 Å².